The molecule has 1 unspecified atom stereocenters. The molecule has 0 amide bonds. The second-order valence-electron chi connectivity index (χ2n) is 5.87. The summed E-state index contributed by atoms with van der Waals surface area (Å²) in [7, 11) is 1.90. The van der Waals surface area contributed by atoms with Gasteiger partial charge in [0.2, 0.25) is 5.89 Å². The number of halogens is 2. The first-order valence-corrected chi connectivity index (χ1v) is 6.93. The maximum atomic E-state index is 12.8. The van der Waals surface area contributed by atoms with E-state index in [4.69, 9.17) is 4.52 Å². The second-order valence-corrected chi connectivity index (χ2v) is 5.87. The van der Waals surface area contributed by atoms with Gasteiger partial charge in [-0.3, -0.25) is 4.90 Å². The molecule has 0 aliphatic heterocycles. The Morgan fingerprint density at radius 2 is 2.16 bits per heavy atom. The highest BCUT2D eigenvalue weighted by molar-refractivity contribution is 4.98. The molecule has 1 aromatic rings. The third kappa shape index (κ3) is 2.94. The fraction of sp³-hybridized carbons (Fsp3) is 0.846. The van der Waals surface area contributed by atoms with Crippen LogP contribution in [-0.4, -0.2) is 34.6 Å². The number of alkyl halides is 2. The molecule has 0 bridgehead atoms. The molecule has 0 saturated heterocycles. The van der Waals surface area contributed by atoms with Gasteiger partial charge < -0.3 is 4.52 Å². The quantitative estimate of drug-likeness (QED) is 0.798. The van der Waals surface area contributed by atoms with E-state index in [1.165, 1.54) is 6.42 Å². The number of aromatic nitrogens is 2. The highest BCUT2D eigenvalue weighted by atomic mass is 19.3. The third-order valence-corrected chi connectivity index (χ3v) is 4.16. The van der Waals surface area contributed by atoms with Crippen LogP contribution >= 0.6 is 0 Å². The van der Waals surface area contributed by atoms with Gasteiger partial charge in [0.05, 0.1) is 6.54 Å². The summed E-state index contributed by atoms with van der Waals surface area (Å²) in [5.74, 6) is -0.998. The van der Waals surface area contributed by atoms with Gasteiger partial charge >= 0.3 is 0 Å². The Balaban J connectivity index is 1.43. The second kappa shape index (κ2) is 4.81. The SMILES string of the molecule is CN(CCC1CC1(F)F)Cc1noc(C2CCC2)n1. The number of nitrogens with zero attached hydrogens (tertiary/aromatic N) is 3. The van der Waals surface area contributed by atoms with Gasteiger partial charge in [-0.05, 0) is 32.9 Å². The Hall–Kier alpha value is -1.04. The van der Waals surface area contributed by atoms with Crippen LogP contribution in [-0.2, 0) is 6.54 Å². The van der Waals surface area contributed by atoms with Crippen molar-refractivity contribution in [2.24, 2.45) is 5.92 Å². The van der Waals surface area contributed by atoms with Crippen LogP contribution in [0.25, 0.3) is 0 Å². The lowest BCUT2D eigenvalue weighted by Crippen LogP contribution is -2.21. The van der Waals surface area contributed by atoms with Gasteiger partial charge in [0.15, 0.2) is 5.82 Å². The minimum absolute atomic E-state index is 0.0505. The van der Waals surface area contributed by atoms with Crippen molar-refractivity contribution in [3.8, 4) is 0 Å². The first kappa shape index (κ1) is 13.0. The summed E-state index contributed by atoms with van der Waals surface area (Å²) < 4.78 is 30.7. The zero-order chi connectivity index (χ0) is 13.5. The molecule has 2 saturated carbocycles. The van der Waals surface area contributed by atoms with Gasteiger partial charge in [-0.2, -0.15) is 4.98 Å². The lowest BCUT2D eigenvalue weighted by atomic mass is 9.85. The molecule has 6 heteroatoms. The monoisotopic (exact) mass is 271 g/mol. The Labute approximate surface area is 111 Å². The van der Waals surface area contributed by atoms with E-state index < -0.39 is 11.8 Å². The van der Waals surface area contributed by atoms with E-state index in [1.807, 2.05) is 11.9 Å². The van der Waals surface area contributed by atoms with Gasteiger partial charge in [-0.15, -0.1) is 0 Å². The molecule has 19 heavy (non-hydrogen) atoms. The van der Waals surface area contributed by atoms with Gasteiger partial charge in [0.1, 0.15) is 0 Å². The van der Waals surface area contributed by atoms with E-state index in [0.29, 0.717) is 31.3 Å². The molecule has 1 atom stereocenters. The Morgan fingerprint density at radius 1 is 1.42 bits per heavy atom. The summed E-state index contributed by atoms with van der Waals surface area (Å²) in [6, 6.07) is 0. The fourth-order valence-electron chi connectivity index (χ4n) is 2.43. The summed E-state index contributed by atoms with van der Waals surface area (Å²) in [4.78, 5) is 6.35. The average Bonchev–Trinajstić information content (AvgIpc) is 2.67. The van der Waals surface area contributed by atoms with Crippen molar-refractivity contribution in [2.75, 3.05) is 13.6 Å². The molecule has 4 nitrogen and oxygen atoms in total. The molecule has 2 aliphatic carbocycles. The Bertz CT molecular complexity index is 445. The van der Waals surface area contributed by atoms with E-state index in [1.54, 1.807) is 0 Å². The predicted octanol–water partition coefficient (Wildman–Crippen LogP) is 2.81. The predicted molar refractivity (Wildman–Crippen MR) is 64.9 cm³/mol. The number of hydrogen-bond acceptors (Lipinski definition) is 4. The third-order valence-electron chi connectivity index (χ3n) is 4.16. The molecule has 1 heterocycles. The minimum atomic E-state index is -2.41. The summed E-state index contributed by atoms with van der Waals surface area (Å²) in [6.07, 6.45) is 4.09. The Kier molecular flexibility index (Phi) is 3.28. The van der Waals surface area contributed by atoms with Crippen LogP contribution in [0.5, 0.6) is 0 Å². The minimum Gasteiger partial charge on any atom is -0.339 e. The van der Waals surface area contributed by atoms with Gasteiger partial charge in [-0.25, -0.2) is 8.78 Å². The lowest BCUT2D eigenvalue weighted by Gasteiger charge is -2.20. The summed E-state index contributed by atoms with van der Waals surface area (Å²) >= 11 is 0. The number of rotatable bonds is 6. The molecule has 106 valence electrons. The number of hydrogen-bond donors (Lipinski definition) is 0. The molecule has 1 aromatic heterocycles. The van der Waals surface area contributed by atoms with Crippen molar-refractivity contribution in [1.29, 1.82) is 0 Å². The van der Waals surface area contributed by atoms with Gasteiger partial charge in [-0.1, -0.05) is 11.6 Å². The van der Waals surface area contributed by atoms with E-state index in [-0.39, 0.29) is 6.42 Å². The van der Waals surface area contributed by atoms with Crippen molar-refractivity contribution in [2.45, 2.75) is 50.5 Å². The average molecular weight is 271 g/mol. The highest BCUT2D eigenvalue weighted by Gasteiger charge is 2.55. The summed E-state index contributed by atoms with van der Waals surface area (Å²) in [5.41, 5.74) is 0. The van der Waals surface area contributed by atoms with Gasteiger partial charge in [0, 0.05) is 18.3 Å². The Morgan fingerprint density at radius 3 is 2.74 bits per heavy atom. The van der Waals surface area contributed by atoms with Crippen molar-refractivity contribution in [3.05, 3.63) is 11.7 Å². The van der Waals surface area contributed by atoms with Crippen molar-refractivity contribution >= 4 is 0 Å². The molecule has 0 N–H and O–H groups in total. The maximum absolute atomic E-state index is 12.8. The largest absolute Gasteiger partial charge is 0.339 e. The standard InChI is InChI=1S/C13H19F2N3O/c1-18(6-5-10-7-13(10,14)15)8-11-16-12(19-17-11)9-3-2-4-9/h9-10H,2-8H2,1H3. The highest BCUT2D eigenvalue weighted by Crippen LogP contribution is 2.50. The lowest BCUT2D eigenvalue weighted by molar-refractivity contribution is 0.0943. The van der Waals surface area contributed by atoms with Crippen LogP contribution in [0.1, 0.15) is 49.7 Å². The van der Waals surface area contributed by atoms with Crippen LogP contribution in [0.2, 0.25) is 0 Å². The summed E-state index contributed by atoms with van der Waals surface area (Å²) in [6.45, 7) is 1.21. The van der Waals surface area contributed by atoms with Crippen molar-refractivity contribution in [3.63, 3.8) is 0 Å². The van der Waals surface area contributed by atoms with E-state index >= 15 is 0 Å². The van der Waals surface area contributed by atoms with Crippen LogP contribution in [0.4, 0.5) is 8.78 Å². The smallest absolute Gasteiger partial charge is 0.251 e. The molecular formula is C13H19F2N3O. The van der Waals surface area contributed by atoms with Gasteiger partial charge in [0.25, 0.3) is 5.92 Å². The zero-order valence-corrected chi connectivity index (χ0v) is 11.1. The van der Waals surface area contributed by atoms with E-state index in [9.17, 15) is 8.78 Å². The van der Waals surface area contributed by atoms with Crippen LogP contribution < -0.4 is 0 Å². The summed E-state index contributed by atoms with van der Waals surface area (Å²) in [5, 5.41) is 3.95. The van der Waals surface area contributed by atoms with Crippen LogP contribution in [0.3, 0.4) is 0 Å². The first-order chi connectivity index (χ1) is 9.04. The molecule has 2 fully saturated rings. The van der Waals surface area contributed by atoms with Crippen LogP contribution in [0, 0.1) is 5.92 Å². The topological polar surface area (TPSA) is 42.2 Å². The molecule has 0 aromatic carbocycles. The van der Waals surface area contributed by atoms with E-state index in [0.717, 1.165) is 18.7 Å². The maximum Gasteiger partial charge on any atom is 0.251 e. The van der Waals surface area contributed by atoms with E-state index in [2.05, 4.69) is 10.1 Å². The normalized spacial score (nSPS) is 25.6. The molecular weight excluding hydrogens is 252 g/mol. The molecule has 2 aliphatic rings. The fourth-order valence-corrected chi connectivity index (χ4v) is 2.43. The van der Waals surface area contributed by atoms with Crippen molar-refractivity contribution in [1.82, 2.24) is 15.0 Å². The first-order valence-electron chi connectivity index (χ1n) is 6.93. The molecule has 3 rings (SSSR count). The van der Waals surface area contributed by atoms with Crippen LogP contribution in [0.15, 0.2) is 4.52 Å². The molecule has 0 radical (unpaired) electrons. The zero-order valence-electron chi connectivity index (χ0n) is 11.1. The molecule has 0 spiro atoms. The van der Waals surface area contributed by atoms with Crippen molar-refractivity contribution < 1.29 is 13.3 Å².